The molecule has 0 spiro atoms. The van der Waals surface area contributed by atoms with Gasteiger partial charge in [0.05, 0.1) is 13.2 Å². The van der Waals surface area contributed by atoms with Gasteiger partial charge in [-0.3, -0.25) is 14.5 Å². The normalized spacial score (nSPS) is 16.6. The quantitative estimate of drug-likeness (QED) is 0.669. The zero-order valence-electron chi connectivity index (χ0n) is 16.5. The Kier molecular flexibility index (Phi) is 8.60. The molecule has 1 aromatic carbocycles. The van der Waals surface area contributed by atoms with Crippen molar-refractivity contribution in [3.63, 3.8) is 0 Å². The number of carbonyl (C=O) groups is 2. The van der Waals surface area contributed by atoms with Gasteiger partial charge in [-0.1, -0.05) is 18.2 Å². The molecule has 1 fully saturated rings. The van der Waals surface area contributed by atoms with E-state index >= 15 is 0 Å². The molecule has 0 aromatic heterocycles. The van der Waals surface area contributed by atoms with Crippen LogP contribution in [0, 0.1) is 0 Å². The number of hydrogen-bond donors (Lipinski definition) is 2. The standard InChI is InChI=1S/C20H31N3O3S/c1-20(2,23-10-12-26-13-11-23)15-21-19(25)17(9-14-27-3)22-18(24)16-7-5-4-6-8-16/h4-8,17H,9-15H2,1-3H3,(H,21,25)(H,22,24)/t17-/m1/s1. The minimum atomic E-state index is -0.536. The van der Waals surface area contributed by atoms with Gasteiger partial charge in [-0.05, 0) is 44.4 Å². The molecule has 2 amide bonds. The lowest BCUT2D eigenvalue weighted by Gasteiger charge is -2.41. The zero-order chi connectivity index (χ0) is 19.7. The van der Waals surface area contributed by atoms with Crippen LogP contribution in [0.4, 0.5) is 0 Å². The number of morpholine rings is 1. The number of amides is 2. The summed E-state index contributed by atoms with van der Waals surface area (Å²) in [5.74, 6) is 0.457. The monoisotopic (exact) mass is 393 g/mol. The fourth-order valence-electron chi connectivity index (χ4n) is 3.04. The van der Waals surface area contributed by atoms with E-state index in [1.165, 1.54) is 0 Å². The highest BCUT2D eigenvalue weighted by atomic mass is 32.2. The summed E-state index contributed by atoms with van der Waals surface area (Å²) in [5.41, 5.74) is 0.403. The molecule has 2 N–H and O–H groups in total. The van der Waals surface area contributed by atoms with Crippen molar-refractivity contribution in [2.24, 2.45) is 0 Å². The number of nitrogens with one attached hydrogen (secondary N) is 2. The van der Waals surface area contributed by atoms with Crippen molar-refractivity contribution in [2.75, 3.05) is 44.9 Å². The fraction of sp³-hybridized carbons (Fsp3) is 0.600. The first-order valence-corrected chi connectivity index (χ1v) is 10.8. The maximum absolute atomic E-state index is 12.8. The van der Waals surface area contributed by atoms with Crippen LogP contribution >= 0.6 is 11.8 Å². The molecule has 0 saturated carbocycles. The Hall–Kier alpha value is -1.57. The maximum Gasteiger partial charge on any atom is 0.251 e. The van der Waals surface area contributed by atoms with Gasteiger partial charge in [-0.25, -0.2) is 0 Å². The van der Waals surface area contributed by atoms with Crippen LogP contribution in [-0.2, 0) is 9.53 Å². The Morgan fingerprint density at radius 1 is 1.22 bits per heavy atom. The van der Waals surface area contributed by atoms with Crippen LogP contribution in [0.5, 0.6) is 0 Å². The van der Waals surface area contributed by atoms with Gasteiger partial charge in [-0.2, -0.15) is 11.8 Å². The summed E-state index contributed by atoms with van der Waals surface area (Å²) < 4.78 is 5.41. The molecule has 0 unspecified atom stereocenters. The van der Waals surface area contributed by atoms with Gasteiger partial charge >= 0.3 is 0 Å². The largest absolute Gasteiger partial charge is 0.379 e. The SMILES string of the molecule is CSCC[C@@H](NC(=O)c1ccccc1)C(=O)NCC(C)(C)N1CCOCC1. The van der Waals surface area contributed by atoms with Crippen LogP contribution in [0.3, 0.4) is 0 Å². The number of rotatable bonds is 9. The van der Waals surface area contributed by atoms with Gasteiger partial charge < -0.3 is 15.4 Å². The second kappa shape index (κ2) is 10.7. The predicted molar refractivity (Wildman–Crippen MR) is 110 cm³/mol. The molecule has 1 aliphatic heterocycles. The zero-order valence-corrected chi connectivity index (χ0v) is 17.3. The van der Waals surface area contributed by atoms with Crippen LogP contribution in [0.15, 0.2) is 30.3 Å². The molecular formula is C20H31N3O3S. The summed E-state index contributed by atoms with van der Waals surface area (Å²) in [5, 5.41) is 5.93. The smallest absolute Gasteiger partial charge is 0.251 e. The Morgan fingerprint density at radius 2 is 1.89 bits per heavy atom. The van der Waals surface area contributed by atoms with Crippen molar-refractivity contribution >= 4 is 23.6 Å². The summed E-state index contributed by atoms with van der Waals surface area (Å²) in [4.78, 5) is 27.5. The summed E-state index contributed by atoms with van der Waals surface area (Å²) in [7, 11) is 0. The van der Waals surface area contributed by atoms with Crippen molar-refractivity contribution in [1.29, 1.82) is 0 Å². The second-order valence-electron chi connectivity index (χ2n) is 7.30. The Bertz CT molecular complexity index is 604. The van der Waals surface area contributed by atoms with Gasteiger partial charge in [0.25, 0.3) is 5.91 Å². The maximum atomic E-state index is 12.8. The molecule has 27 heavy (non-hydrogen) atoms. The molecule has 1 saturated heterocycles. The third-order valence-corrected chi connectivity index (χ3v) is 5.47. The number of thioether (sulfide) groups is 1. The highest BCUT2D eigenvalue weighted by molar-refractivity contribution is 7.98. The average Bonchev–Trinajstić information content (AvgIpc) is 2.70. The summed E-state index contributed by atoms with van der Waals surface area (Å²) in [6.07, 6.45) is 2.60. The molecular weight excluding hydrogens is 362 g/mol. The van der Waals surface area contributed by atoms with Crippen molar-refractivity contribution in [1.82, 2.24) is 15.5 Å². The number of ether oxygens (including phenoxy) is 1. The third kappa shape index (κ3) is 6.83. The van der Waals surface area contributed by atoms with E-state index in [1.807, 2.05) is 24.5 Å². The highest BCUT2D eigenvalue weighted by Crippen LogP contribution is 2.15. The number of benzene rings is 1. The first-order chi connectivity index (χ1) is 12.9. The average molecular weight is 394 g/mol. The van der Waals surface area contributed by atoms with Crippen LogP contribution < -0.4 is 10.6 Å². The van der Waals surface area contributed by atoms with E-state index in [0.29, 0.717) is 18.5 Å². The van der Waals surface area contributed by atoms with Crippen molar-refractivity contribution in [2.45, 2.75) is 31.8 Å². The van der Waals surface area contributed by atoms with Gasteiger partial charge in [0, 0.05) is 30.7 Å². The number of carbonyl (C=O) groups excluding carboxylic acids is 2. The fourth-order valence-corrected chi connectivity index (χ4v) is 3.51. The molecule has 1 aromatic rings. The van der Waals surface area contributed by atoms with E-state index < -0.39 is 6.04 Å². The molecule has 150 valence electrons. The van der Waals surface area contributed by atoms with E-state index in [9.17, 15) is 9.59 Å². The topological polar surface area (TPSA) is 70.7 Å². The van der Waals surface area contributed by atoms with E-state index in [2.05, 4.69) is 29.4 Å². The summed E-state index contributed by atoms with van der Waals surface area (Å²) in [6.45, 7) is 7.95. The van der Waals surface area contributed by atoms with Crippen LogP contribution in [0.2, 0.25) is 0 Å². The lowest BCUT2D eigenvalue weighted by atomic mass is 10.0. The van der Waals surface area contributed by atoms with E-state index in [-0.39, 0.29) is 17.4 Å². The molecule has 7 heteroatoms. The van der Waals surface area contributed by atoms with E-state index in [4.69, 9.17) is 4.74 Å². The minimum absolute atomic E-state index is 0.130. The molecule has 0 aliphatic carbocycles. The second-order valence-corrected chi connectivity index (χ2v) is 8.29. The molecule has 0 bridgehead atoms. The number of nitrogens with zero attached hydrogens (tertiary/aromatic N) is 1. The molecule has 6 nitrogen and oxygen atoms in total. The lowest BCUT2D eigenvalue weighted by molar-refractivity contribution is -0.123. The van der Waals surface area contributed by atoms with Crippen molar-refractivity contribution in [3.8, 4) is 0 Å². The lowest BCUT2D eigenvalue weighted by Crippen LogP contribution is -2.57. The molecule has 1 heterocycles. The van der Waals surface area contributed by atoms with Crippen LogP contribution in [-0.4, -0.2) is 73.2 Å². The van der Waals surface area contributed by atoms with Gasteiger partial charge in [0.1, 0.15) is 6.04 Å². The Morgan fingerprint density at radius 3 is 2.52 bits per heavy atom. The van der Waals surface area contributed by atoms with Crippen molar-refractivity contribution < 1.29 is 14.3 Å². The third-order valence-electron chi connectivity index (χ3n) is 4.83. The van der Waals surface area contributed by atoms with Crippen LogP contribution in [0.25, 0.3) is 0 Å². The number of hydrogen-bond acceptors (Lipinski definition) is 5. The van der Waals surface area contributed by atoms with Crippen LogP contribution in [0.1, 0.15) is 30.6 Å². The van der Waals surface area contributed by atoms with E-state index in [1.54, 1.807) is 23.9 Å². The first-order valence-electron chi connectivity index (χ1n) is 9.39. The first kappa shape index (κ1) is 21.7. The Labute approximate surface area is 166 Å². The molecule has 1 aliphatic rings. The minimum Gasteiger partial charge on any atom is -0.379 e. The molecule has 0 radical (unpaired) electrons. The van der Waals surface area contributed by atoms with Crippen molar-refractivity contribution in [3.05, 3.63) is 35.9 Å². The summed E-state index contributed by atoms with van der Waals surface area (Å²) >= 11 is 1.66. The van der Waals surface area contributed by atoms with Gasteiger partial charge in [0.2, 0.25) is 5.91 Å². The van der Waals surface area contributed by atoms with Gasteiger partial charge in [0.15, 0.2) is 0 Å². The predicted octanol–water partition coefficient (Wildman–Crippen LogP) is 1.77. The van der Waals surface area contributed by atoms with E-state index in [0.717, 1.165) is 32.1 Å². The molecule has 2 rings (SSSR count). The van der Waals surface area contributed by atoms with Gasteiger partial charge in [-0.15, -0.1) is 0 Å². The highest BCUT2D eigenvalue weighted by Gasteiger charge is 2.30. The Balaban J connectivity index is 1.94. The molecule has 1 atom stereocenters. The summed E-state index contributed by atoms with van der Waals surface area (Å²) in [6, 6.07) is 8.46.